The molecule has 142 valence electrons. The predicted octanol–water partition coefficient (Wildman–Crippen LogP) is 5.15. The normalized spacial score (nSPS) is 12.2. The molecule has 0 bridgehead atoms. The summed E-state index contributed by atoms with van der Waals surface area (Å²) in [7, 11) is 0. The van der Waals surface area contributed by atoms with Crippen LogP contribution in [0.5, 0.6) is 0 Å². The van der Waals surface area contributed by atoms with Crippen molar-refractivity contribution >= 4 is 33.3 Å². The van der Waals surface area contributed by atoms with E-state index in [1.807, 2.05) is 29.6 Å². The van der Waals surface area contributed by atoms with Crippen LogP contribution in [-0.2, 0) is 16.0 Å². The highest BCUT2D eigenvalue weighted by Crippen LogP contribution is 2.26. The third-order valence-corrected chi connectivity index (χ3v) is 5.64. The second-order valence-corrected chi connectivity index (χ2v) is 7.70. The predicted molar refractivity (Wildman–Crippen MR) is 108 cm³/mol. The Morgan fingerprint density at radius 2 is 1.77 bits per heavy atom. The summed E-state index contributed by atoms with van der Waals surface area (Å²) in [5, 5.41) is 15.2. The Kier molecular flexibility index (Phi) is 8.62. The highest BCUT2D eigenvalue weighted by atomic mass is 32.1. The maximum atomic E-state index is 12.1. The summed E-state index contributed by atoms with van der Waals surface area (Å²) in [6.45, 7) is 2.20. The second kappa shape index (κ2) is 11.0. The molecule has 0 aliphatic heterocycles. The largest absolute Gasteiger partial charge is 0.480 e. The van der Waals surface area contributed by atoms with Gasteiger partial charge in [0.1, 0.15) is 6.04 Å². The molecule has 1 aromatic heterocycles. The Labute approximate surface area is 159 Å². The maximum absolute atomic E-state index is 12.1. The molecule has 1 atom stereocenters. The topological polar surface area (TPSA) is 66.4 Å². The quantitative estimate of drug-likeness (QED) is 0.504. The zero-order valence-corrected chi connectivity index (χ0v) is 16.3. The van der Waals surface area contributed by atoms with E-state index < -0.39 is 12.0 Å². The Morgan fingerprint density at radius 1 is 1.08 bits per heavy atom. The van der Waals surface area contributed by atoms with Gasteiger partial charge in [0.05, 0.1) is 0 Å². The van der Waals surface area contributed by atoms with E-state index in [0.717, 1.165) is 34.9 Å². The average molecular weight is 376 g/mol. The summed E-state index contributed by atoms with van der Waals surface area (Å²) < 4.78 is 1.14. The van der Waals surface area contributed by atoms with Gasteiger partial charge in [-0.2, -0.15) is 0 Å². The van der Waals surface area contributed by atoms with E-state index in [1.165, 1.54) is 25.7 Å². The smallest absolute Gasteiger partial charge is 0.326 e. The first-order valence-electron chi connectivity index (χ1n) is 9.59. The molecule has 2 rings (SSSR count). The highest BCUT2D eigenvalue weighted by Gasteiger charge is 2.21. The number of carbonyl (C=O) groups excluding carboxylic acids is 1. The minimum atomic E-state index is -0.979. The summed E-state index contributed by atoms with van der Waals surface area (Å²) in [4.78, 5) is 23.7. The second-order valence-electron chi connectivity index (χ2n) is 6.79. The molecule has 4 nitrogen and oxygen atoms in total. The van der Waals surface area contributed by atoms with Gasteiger partial charge in [0.25, 0.3) is 0 Å². The van der Waals surface area contributed by atoms with Crippen molar-refractivity contribution in [3.05, 3.63) is 35.2 Å². The molecule has 1 unspecified atom stereocenters. The number of fused-ring (bicyclic) bond motifs is 1. The van der Waals surface area contributed by atoms with Crippen LogP contribution in [0.15, 0.2) is 29.6 Å². The third-order valence-electron chi connectivity index (χ3n) is 4.63. The van der Waals surface area contributed by atoms with E-state index in [0.29, 0.717) is 12.8 Å². The Balaban J connectivity index is 1.79. The number of carboxylic acid groups (broad SMARTS) is 1. The van der Waals surface area contributed by atoms with E-state index in [-0.39, 0.29) is 5.91 Å². The van der Waals surface area contributed by atoms with Crippen molar-refractivity contribution in [1.82, 2.24) is 5.32 Å². The first-order chi connectivity index (χ1) is 12.6. The molecule has 0 aliphatic carbocycles. The van der Waals surface area contributed by atoms with Crippen LogP contribution in [-0.4, -0.2) is 23.0 Å². The molecule has 1 heterocycles. The summed E-state index contributed by atoms with van der Waals surface area (Å²) >= 11 is 1.61. The fourth-order valence-electron chi connectivity index (χ4n) is 3.12. The molecule has 0 saturated carbocycles. The van der Waals surface area contributed by atoms with E-state index in [9.17, 15) is 14.7 Å². The van der Waals surface area contributed by atoms with Crippen molar-refractivity contribution in [2.75, 3.05) is 0 Å². The Hall–Kier alpha value is -1.88. The molecule has 5 heteroatoms. The van der Waals surface area contributed by atoms with Crippen LogP contribution in [0.1, 0.15) is 63.9 Å². The maximum Gasteiger partial charge on any atom is 0.326 e. The summed E-state index contributed by atoms with van der Waals surface area (Å²) in [5.74, 6) is -1.14. The molecule has 1 amide bonds. The lowest BCUT2D eigenvalue weighted by molar-refractivity contribution is -0.141. The fourth-order valence-corrected chi connectivity index (χ4v) is 4.10. The number of amides is 1. The van der Waals surface area contributed by atoms with Gasteiger partial charge < -0.3 is 10.4 Å². The van der Waals surface area contributed by atoms with E-state index in [4.69, 9.17) is 0 Å². The summed E-state index contributed by atoms with van der Waals surface area (Å²) in [5.41, 5.74) is 0.981. The molecule has 0 spiro atoms. The van der Waals surface area contributed by atoms with Gasteiger partial charge in [-0.1, -0.05) is 63.6 Å². The number of benzene rings is 1. The summed E-state index contributed by atoms with van der Waals surface area (Å²) in [6, 6.07) is 7.08. The van der Waals surface area contributed by atoms with Crippen LogP contribution in [0, 0.1) is 0 Å². The molecule has 0 radical (unpaired) electrons. The van der Waals surface area contributed by atoms with Crippen molar-refractivity contribution in [3.63, 3.8) is 0 Å². The number of hydrogen-bond acceptors (Lipinski definition) is 3. The highest BCUT2D eigenvalue weighted by molar-refractivity contribution is 7.17. The lowest BCUT2D eigenvalue weighted by Crippen LogP contribution is -2.42. The van der Waals surface area contributed by atoms with Crippen LogP contribution in [0.4, 0.5) is 0 Å². The molecule has 2 aromatic rings. The van der Waals surface area contributed by atoms with E-state index >= 15 is 0 Å². The Bertz CT molecular complexity index is 710. The van der Waals surface area contributed by atoms with Gasteiger partial charge in [0.15, 0.2) is 0 Å². The van der Waals surface area contributed by atoms with Crippen LogP contribution in [0.3, 0.4) is 0 Å². The molecule has 1 aromatic carbocycles. The lowest BCUT2D eigenvalue weighted by atomic mass is 10.0. The number of nitrogens with one attached hydrogen (secondary N) is 1. The van der Waals surface area contributed by atoms with Crippen LogP contribution >= 0.6 is 11.3 Å². The number of thiophene rings is 1. The van der Waals surface area contributed by atoms with Gasteiger partial charge in [0, 0.05) is 17.5 Å². The first-order valence-corrected chi connectivity index (χ1v) is 10.5. The number of aliphatic carboxylic acids is 1. The summed E-state index contributed by atoms with van der Waals surface area (Å²) in [6.07, 6.45) is 8.73. The van der Waals surface area contributed by atoms with Crippen LogP contribution < -0.4 is 5.32 Å². The Morgan fingerprint density at radius 3 is 2.50 bits per heavy atom. The fraction of sp³-hybridized carbons (Fsp3) is 0.524. The van der Waals surface area contributed by atoms with Crippen LogP contribution in [0.25, 0.3) is 10.1 Å². The van der Waals surface area contributed by atoms with Crippen molar-refractivity contribution in [1.29, 1.82) is 0 Å². The van der Waals surface area contributed by atoms with Gasteiger partial charge in [0.2, 0.25) is 5.91 Å². The zero-order valence-electron chi connectivity index (χ0n) is 15.5. The minimum Gasteiger partial charge on any atom is -0.480 e. The lowest BCUT2D eigenvalue weighted by Gasteiger charge is -2.14. The van der Waals surface area contributed by atoms with E-state index in [2.05, 4.69) is 12.2 Å². The number of carbonyl (C=O) groups is 2. The average Bonchev–Trinajstić information content (AvgIpc) is 3.03. The molecule has 0 saturated heterocycles. The molecular formula is C21H29NO3S. The van der Waals surface area contributed by atoms with E-state index in [1.54, 1.807) is 11.3 Å². The monoisotopic (exact) mass is 375 g/mol. The number of unbranched alkanes of at least 4 members (excludes halogenated alkanes) is 6. The van der Waals surface area contributed by atoms with Gasteiger partial charge >= 0.3 is 5.97 Å². The van der Waals surface area contributed by atoms with Crippen molar-refractivity contribution < 1.29 is 14.7 Å². The molecular weight excluding hydrogens is 346 g/mol. The zero-order chi connectivity index (χ0) is 18.8. The number of hydrogen-bond donors (Lipinski definition) is 2. The molecule has 0 aliphatic rings. The standard InChI is InChI=1S/C21H29NO3S/c1-2-3-4-5-6-7-8-13-20(23)22-18(21(24)25)14-16-15-26-19-12-10-9-11-17(16)19/h9-12,15,18H,2-8,13-14H2,1H3,(H,22,23)(H,24,25). The van der Waals surface area contributed by atoms with Crippen molar-refractivity contribution in [2.24, 2.45) is 0 Å². The van der Waals surface area contributed by atoms with Crippen molar-refractivity contribution in [3.8, 4) is 0 Å². The number of carboxylic acids is 1. The molecule has 2 N–H and O–H groups in total. The van der Waals surface area contributed by atoms with Crippen LogP contribution in [0.2, 0.25) is 0 Å². The van der Waals surface area contributed by atoms with Gasteiger partial charge in [-0.3, -0.25) is 4.79 Å². The third kappa shape index (κ3) is 6.45. The number of rotatable bonds is 12. The van der Waals surface area contributed by atoms with Crippen molar-refractivity contribution in [2.45, 2.75) is 70.8 Å². The SMILES string of the molecule is CCCCCCCCCC(=O)NC(Cc1csc2ccccc12)C(=O)O. The minimum absolute atomic E-state index is 0.162. The first kappa shape index (κ1) is 20.4. The molecule has 0 fully saturated rings. The molecule has 26 heavy (non-hydrogen) atoms. The van der Waals surface area contributed by atoms with Gasteiger partial charge in [-0.05, 0) is 28.8 Å². The van der Waals surface area contributed by atoms with Gasteiger partial charge in [-0.25, -0.2) is 4.79 Å². The van der Waals surface area contributed by atoms with Gasteiger partial charge in [-0.15, -0.1) is 11.3 Å².